The minimum atomic E-state index is 0.00745. The first-order valence-corrected chi connectivity index (χ1v) is 5.84. The summed E-state index contributed by atoms with van der Waals surface area (Å²) < 4.78 is 4.94. The van der Waals surface area contributed by atoms with Crippen molar-refractivity contribution >= 4 is 5.91 Å². The van der Waals surface area contributed by atoms with E-state index in [1.807, 2.05) is 4.90 Å². The highest BCUT2D eigenvalue weighted by Crippen LogP contribution is 2.25. The molecule has 1 aromatic heterocycles. The SMILES string of the molecule is Cc1cc(C(=O)N2CCC[C@H]2C(C)C)no1. The number of hydrogen-bond acceptors (Lipinski definition) is 3. The number of carbonyl (C=O) groups is 1. The zero-order valence-electron chi connectivity index (χ0n) is 10.1. The molecule has 0 spiro atoms. The molecular formula is C12H18N2O2. The monoisotopic (exact) mass is 222 g/mol. The van der Waals surface area contributed by atoms with Crippen LogP contribution in [-0.4, -0.2) is 28.6 Å². The van der Waals surface area contributed by atoms with Crippen LogP contribution in [0.3, 0.4) is 0 Å². The molecular weight excluding hydrogens is 204 g/mol. The fourth-order valence-electron chi connectivity index (χ4n) is 2.35. The van der Waals surface area contributed by atoms with Gasteiger partial charge in [-0.25, -0.2) is 0 Å². The van der Waals surface area contributed by atoms with Gasteiger partial charge in [-0.2, -0.15) is 0 Å². The molecule has 0 saturated carbocycles. The summed E-state index contributed by atoms with van der Waals surface area (Å²) in [6, 6.07) is 2.06. The Kier molecular flexibility index (Phi) is 2.99. The molecule has 16 heavy (non-hydrogen) atoms. The normalized spacial score (nSPS) is 20.8. The summed E-state index contributed by atoms with van der Waals surface area (Å²) in [5, 5.41) is 3.79. The number of aryl methyl sites for hydroxylation is 1. The molecule has 2 rings (SSSR count). The zero-order valence-corrected chi connectivity index (χ0v) is 10.1. The second-order valence-electron chi connectivity index (χ2n) is 4.77. The molecule has 0 bridgehead atoms. The van der Waals surface area contributed by atoms with Crippen molar-refractivity contribution < 1.29 is 9.32 Å². The predicted molar refractivity (Wildman–Crippen MR) is 60.1 cm³/mol. The quantitative estimate of drug-likeness (QED) is 0.771. The Morgan fingerprint density at radius 2 is 2.38 bits per heavy atom. The molecule has 2 heterocycles. The van der Waals surface area contributed by atoms with E-state index in [-0.39, 0.29) is 5.91 Å². The number of nitrogens with zero attached hydrogens (tertiary/aromatic N) is 2. The van der Waals surface area contributed by atoms with Crippen molar-refractivity contribution in [3.8, 4) is 0 Å². The maximum Gasteiger partial charge on any atom is 0.276 e. The average molecular weight is 222 g/mol. The smallest absolute Gasteiger partial charge is 0.276 e. The Hall–Kier alpha value is -1.32. The number of hydrogen-bond donors (Lipinski definition) is 0. The number of aromatic nitrogens is 1. The summed E-state index contributed by atoms with van der Waals surface area (Å²) >= 11 is 0. The van der Waals surface area contributed by atoms with Crippen molar-refractivity contribution in [2.24, 2.45) is 5.92 Å². The third kappa shape index (κ3) is 1.96. The van der Waals surface area contributed by atoms with Crippen LogP contribution >= 0.6 is 0 Å². The van der Waals surface area contributed by atoms with E-state index in [4.69, 9.17) is 4.52 Å². The number of rotatable bonds is 2. The zero-order chi connectivity index (χ0) is 11.7. The van der Waals surface area contributed by atoms with Gasteiger partial charge >= 0.3 is 0 Å². The lowest BCUT2D eigenvalue weighted by Gasteiger charge is -2.26. The molecule has 4 heteroatoms. The topological polar surface area (TPSA) is 46.3 Å². The maximum atomic E-state index is 12.2. The maximum absolute atomic E-state index is 12.2. The van der Waals surface area contributed by atoms with Gasteiger partial charge in [0, 0.05) is 18.7 Å². The third-order valence-corrected chi connectivity index (χ3v) is 3.18. The van der Waals surface area contributed by atoms with Gasteiger partial charge in [0.05, 0.1) is 0 Å². The number of likely N-dealkylation sites (tertiary alicyclic amines) is 1. The van der Waals surface area contributed by atoms with Crippen LogP contribution in [0, 0.1) is 12.8 Å². The van der Waals surface area contributed by atoms with Crippen LogP contribution in [-0.2, 0) is 0 Å². The largest absolute Gasteiger partial charge is 0.361 e. The lowest BCUT2D eigenvalue weighted by atomic mass is 10.0. The van der Waals surface area contributed by atoms with Crippen LogP contribution in [0.5, 0.6) is 0 Å². The second-order valence-corrected chi connectivity index (χ2v) is 4.77. The van der Waals surface area contributed by atoms with Gasteiger partial charge in [0.2, 0.25) is 0 Å². The molecule has 1 aromatic rings. The van der Waals surface area contributed by atoms with E-state index in [0.29, 0.717) is 23.4 Å². The summed E-state index contributed by atoms with van der Waals surface area (Å²) in [5.41, 5.74) is 0.435. The van der Waals surface area contributed by atoms with Gasteiger partial charge in [-0.05, 0) is 25.7 Å². The predicted octanol–water partition coefficient (Wildman–Crippen LogP) is 2.24. The molecule has 1 atom stereocenters. The molecule has 88 valence electrons. The Labute approximate surface area is 95.6 Å². The summed E-state index contributed by atoms with van der Waals surface area (Å²) in [5.74, 6) is 1.19. The molecule has 1 aliphatic heterocycles. The van der Waals surface area contributed by atoms with Gasteiger partial charge in [-0.3, -0.25) is 4.79 Å². The minimum Gasteiger partial charge on any atom is -0.361 e. The lowest BCUT2D eigenvalue weighted by molar-refractivity contribution is 0.0691. The number of carbonyl (C=O) groups excluding carboxylic acids is 1. The summed E-state index contributed by atoms with van der Waals surface area (Å²) in [6.45, 7) is 6.95. The van der Waals surface area contributed by atoms with Crippen molar-refractivity contribution in [3.63, 3.8) is 0 Å². The van der Waals surface area contributed by atoms with Crippen molar-refractivity contribution in [1.82, 2.24) is 10.1 Å². The van der Waals surface area contributed by atoms with E-state index in [1.165, 1.54) is 0 Å². The summed E-state index contributed by atoms with van der Waals surface area (Å²) in [4.78, 5) is 14.1. The van der Waals surface area contributed by atoms with Crippen LogP contribution in [0.4, 0.5) is 0 Å². The van der Waals surface area contributed by atoms with Crippen molar-refractivity contribution in [1.29, 1.82) is 0 Å². The van der Waals surface area contributed by atoms with Gasteiger partial charge < -0.3 is 9.42 Å². The van der Waals surface area contributed by atoms with Gasteiger partial charge in [0.25, 0.3) is 5.91 Å². The van der Waals surface area contributed by atoms with Crippen LogP contribution < -0.4 is 0 Å². The molecule has 1 amide bonds. The molecule has 4 nitrogen and oxygen atoms in total. The average Bonchev–Trinajstić information content (AvgIpc) is 2.84. The molecule has 0 N–H and O–H groups in total. The molecule has 0 aliphatic carbocycles. The highest BCUT2D eigenvalue weighted by atomic mass is 16.5. The van der Waals surface area contributed by atoms with Crippen LogP contribution in [0.1, 0.15) is 42.9 Å². The summed E-state index contributed by atoms with van der Waals surface area (Å²) in [7, 11) is 0. The Balaban J connectivity index is 2.15. The van der Waals surface area contributed by atoms with E-state index < -0.39 is 0 Å². The Bertz CT molecular complexity index is 384. The van der Waals surface area contributed by atoms with Crippen molar-refractivity contribution in [2.75, 3.05) is 6.54 Å². The molecule has 0 aromatic carbocycles. The second kappa shape index (κ2) is 4.28. The first-order valence-electron chi connectivity index (χ1n) is 5.84. The van der Waals surface area contributed by atoms with Crippen LogP contribution in [0.25, 0.3) is 0 Å². The van der Waals surface area contributed by atoms with Crippen molar-refractivity contribution in [3.05, 3.63) is 17.5 Å². The van der Waals surface area contributed by atoms with E-state index in [2.05, 4.69) is 19.0 Å². The van der Waals surface area contributed by atoms with Gasteiger partial charge in [-0.15, -0.1) is 0 Å². The van der Waals surface area contributed by atoms with E-state index >= 15 is 0 Å². The summed E-state index contributed by atoms with van der Waals surface area (Å²) in [6.07, 6.45) is 2.19. The van der Waals surface area contributed by atoms with Gasteiger partial charge in [0.15, 0.2) is 5.69 Å². The first kappa shape index (κ1) is 11.2. The number of amides is 1. The highest BCUT2D eigenvalue weighted by molar-refractivity contribution is 5.92. The van der Waals surface area contributed by atoms with Crippen LogP contribution in [0.2, 0.25) is 0 Å². The first-order chi connectivity index (χ1) is 7.59. The Morgan fingerprint density at radius 3 is 2.94 bits per heavy atom. The van der Waals surface area contributed by atoms with E-state index in [9.17, 15) is 4.79 Å². The van der Waals surface area contributed by atoms with Gasteiger partial charge in [-0.1, -0.05) is 19.0 Å². The third-order valence-electron chi connectivity index (χ3n) is 3.18. The molecule has 1 fully saturated rings. The van der Waals surface area contributed by atoms with Gasteiger partial charge in [0.1, 0.15) is 5.76 Å². The van der Waals surface area contributed by atoms with E-state index in [1.54, 1.807) is 13.0 Å². The fourth-order valence-corrected chi connectivity index (χ4v) is 2.35. The molecule has 0 unspecified atom stereocenters. The van der Waals surface area contributed by atoms with Crippen LogP contribution in [0.15, 0.2) is 10.6 Å². The van der Waals surface area contributed by atoms with Crippen molar-refractivity contribution in [2.45, 2.75) is 39.7 Å². The lowest BCUT2D eigenvalue weighted by Crippen LogP contribution is -2.38. The Morgan fingerprint density at radius 1 is 1.62 bits per heavy atom. The minimum absolute atomic E-state index is 0.00745. The van der Waals surface area contributed by atoms with E-state index in [0.717, 1.165) is 19.4 Å². The standard InChI is InChI=1S/C12H18N2O2/c1-8(2)11-5-4-6-14(11)12(15)10-7-9(3)16-13-10/h7-8,11H,4-6H2,1-3H3/t11-/m0/s1. The molecule has 1 saturated heterocycles. The fraction of sp³-hybridized carbons (Fsp3) is 0.667. The highest BCUT2D eigenvalue weighted by Gasteiger charge is 2.32. The molecule has 0 radical (unpaired) electrons. The molecule has 1 aliphatic rings.